The molecule has 0 spiro atoms. The van der Waals surface area contributed by atoms with E-state index in [1.165, 1.54) is 4.88 Å². The average Bonchev–Trinajstić information content (AvgIpc) is 3.55. The van der Waals surface area contributed by atoms with E-state index in [4.69, 9.17) is 18.7 Å². The highest BCUT2D eigenvalue weighted by Crippen LogP contribution is 2.31. The van der Waals surface area contributed by atoms with E-state index in [9.17, 15) is 4.79 Å². The normalized spacial score (nSPS) is 10.9. The summed E-state index contributed by atoms with van der Waals surface area (Å²) in [6.07, 6.45) is 0. The van der Waals surface area contributed by atoms with Gasteiger partial charge in [-0.15, -0.1) is 11.3 Å². The summed E-state index contributed by atoms with van der Waals surface area (Å²) in [6.45, 7) is 4.49. The van der Waals surface area contributed by atoms with Crippen LogP contribution in [0.15, 0.2) is 46.3 Å². The Morgan fingerprint density at radius 3 is 2.72 bits per heavy atom. The predicted molar refractivity (Wildman–Crippen MR) is 119 cm³/mol. The van der Waals surface area contributed by atoms with Crippen LogP contribution in [0, 0.1) is 13.8 Å². The molecule has 0 radical (unpaired) electrons. The Balaban J connectivity index is 1.45. The Hall–Kier alpha value is -3.59. The fraction of sp³-hybridized carbons (Fsp3) is 0.261. The molecule has 8 nitrogen and oxygen atoms in total. The van der Waals surface area contributed by atoms with Crippen molar-refractivity contribution in [2.45, 2.75) is 27.0 Å². The number of methoxy groups -OCH3 is 2. The van der Waals surface area contributed by atoms with Crippen LogP contribution in [-0.2, 0) is 17.9 Å². The largest absolute Gasteiger partial charge is 0.497 e. The zero-order chi connectivity index (χ0) is 22.7. The number of aromatic nitrogens is 3. The SMILES string of the molecule is COc1ccc(-c2noc(COC(=O)c3cc(C)n(Cc4cccs4)c3C)n2)c(OC)c1. The zero-order valence-corrected chi connectivity index (χ0v) is 19.1. The molecule has 0 unspecified atom stereocenters. The van der Waals surface area contributed by atoms with Gasteiger partial charge in [0, 0.05) is 22.3 Å². The molecule has 0 bridgehead atoms. The van der Waals surface area contributed by atoms with Gasteiger partial charge in [-0.1, -0.05) is 11.2 Å². The van der Waals surface area contributed by atoms with Crippen molar-refractivity contribution in [2.75, 3.05) is 14.2 Å². The number of carbonyl (C=O) groups excluding carboxylic acids is 1. The molecular weight excluding hydrogens is 430 g/mol. The van der Waals surface area contributed by atoms with E-state index in [-0.39, 0.29) is 12.5 Å². The lowest BCUT2D eigenvalue weighted by molar-refractivity contribution is 0.0429. The fourth-order valence-corrected chi connectivity index (χ4v) is 4.11. The number of carbonyl (C=O) groups is 1. The Morgan fingerprint density at radius 1 is 1.16 bits per heavy atom. The third kappa shape index (κ3) is 4.38. The van der Waals surface area contributed by atoms with Crippen LogP contribution in [-0.4, -0.2) is 34.9 Å². The maximum Gasteiger partial charge on any atom is 0.340 e. The molecule has 9 heteroatoms. The van der Waals surface area contributed by atoms with Crippen LogP contribution in [0.1, 0.15) is 32.5 Å². The molecule has 166 valence electrons. The first-order valence-corrected chi connectivity index (χ1v) is 10.8. The lowest BCUT2D eigenvalue weighted by atomic mass is 10.2. The summed E-state index contributed by atoms with van der Waals surface area (Å²) in [6, 6.07) is 11.2. The van der Waals surface area contributed by atoms with E-state index >= 15 is 0 Å². The van der Waals surface area contributed by atoms with Crippen molar-refractivity contribution in [1.82, 2.24) is 14.7 Å². The van der Waals surface area contributed by atoms with Crippen LogP contribution in [0.25, 0.3) is 11.4 Å². The zero-order valence-electron chi connectivity index (χ0n) is 18.2. The van der Waals surface area contributed by atoms with Crippen molar-refractivity contribution in [3.05, 3.63) is 69.5 Å². The van der Waals surface area contributed by atoms with Gasteiger partial charge in [-0.05, 0) is 43.5 Å². The number of thiophene rings is 1. The summed E-state index contributed by atoms with van der Waals surface area (Å²) < 4.78 is 23.4. The van der Waals surface area contributed by atoms with Crippen molar-refractivity contribution in [3.8, 4) is 22.9 Å². The molecule has 0 saturated carbocycles. The molecule has 0 aliphatic heterocycles. The second-order valence-electron chi connectivity index (χ2n) is 7.10. The van der Waals surface area contributed by atoms with Crippen LogP contribution >= 0.6 is 11.3 Å². The first-order valence-electron chi connectivity index (χ1n) is 9.91. The second-order valence-corrected chi connectivity index (χ2v) is 8.14. The van der Waals surface area contributed by atoms with Gasteiger partial charge < -0.3 is 23.3 Å². The summed E-state index contributed by atoms with van der Waals surface area (Å²) in [5, 5.41) is 6.02. The van der Waals surface area contributed by atoms with Gasteiger partial charge in [0.15, 0.2) is 6.61 Å². The van der Waals surface area contributed by atoms with Gasteiger partial charge in [0.2, 0.25) is 5.82 Å². The highest BCUT2D eigenvalue weighted by molar-refractivity contribution is 7.09. The molecule has 0 aliphatic carbocycles. The molecule has 0 atom stereocenters. The van der Waals surface area contributed by atoms with E-state index < -0.39 is 5.97 Å². The van der Waals surface area contributed by atoms with Gasteiger partial charge >= 0.3 is 5.97 Å². The molecule has 0 fully saturated rings. The number of benzene rings is 1. The molecule has 3 aromatic heterocycles. The molecule has 32 heavy (non-hydrogen) atoms. The monoisotopic (exact) mass is 453 g/mol. The van der Waals surface area contributed by atoms with Gasteiger partial charge in [-0.3, -0.25) is 0 Å². The topological polar surface area (TPSA) is 88.6 Å². The smallest absolute Gasteiger partial charge is 0.340 e. The van der Waals surface area contributed by atoms with Crippen molar-refractivity contribution in [2.24, 2.45) is 0 Å². The van der Waals surface area contributed by atoms with Crippen LogP contribution in [0.4, 0.5) is 0 Å². The lowest BCUT2D eigenvalue weighted by Crippen LogP contribution is -2.08. The fourth-order valence-electron chi connectivity index (χ4n) is 3.42. The number of nitrogens with zero attached hydrogens (tertiary/aromatic N) is 3. The van der Waals surface area contributed by atoms with Crippen LogP contribution in [0.3, 0.4) is 0 Å². The van der Waals surface area contributed by atoms with E-state index in [1.54, 1.807) is 43.8 Å². The standard InChI is InChI=1S/C23H23N3O5S/c1-14-10-19(15(2)26(14)12-17-6-5-9-32-17)23(27)30-13-21-24-22(25-31-21)18-8-7-16(28-3)11-20(18)29-4/h5-11H,12-13H2,1-4H3. The minimum absolute atomic E-state index is 0.126. The molecule has 0 aliphatic rings. The molecule has 0 amide bonds. The molecule has 4 aromatic rings. The maximum absolute atomic E-state index is 12.7. The molecule has 3 heterocycles. The molecule has 1 aromatic carbocycles. The Morgan fingerprint density at radius 2 is 2.00 bits per heavy atom. The first kappa shape index (κ1) is 21.6. The summed E-state index contributed by atoms with van der Waals surface area (Å²) in [5.74, 6) is 1.30. The summed E-state index contributed by atoms with van der Waals surface area (Å²) in [4.78, 5) is 18.2. The molecule has 0 saturated heterocycles. The third-order valence-electron chi connectivity index (χ3n) is 5.13. The van der Waals surface area contributed by atoms with E-state index in [1.807, 2.05) is 31.4 Å². The van der Waals surface area contributed by atoms with E-state index in [0.717, 1.165) is 17.9 Å². The van der Waals surface area contributed by atoms with Crippen molar-refractivity contribution >= 4 is 17.3 Å². The number of aryl methyl sites for hydroxylation is 1. The Kier molecular flexibility index (Phi) is 6.27. The number of hydrogen-bond acceptors (Lipinski definition) is 8. The highest BCUT2D eigenvalue weighted by atomic mass is 32.1. The Labute approximate surface area is 189 Å². The van der Waals surface area contributed by atoms with E-state index in [2.05, 4.69) is 20.8 Å². The van der Waals surface area contributed by atoms with Crippen molar-refractivity contribution in [1.29, 1.82) is 0 Å². The van der Waals surface area contributed by atoms with Gasteiger partial charge in [0.05, 0.1) is 31.9 Å². The molecule has 4 rings (SSSR count). The molecule has 0 N–H and O–H groups in total. The van der Waals surface area contributed by atoms with E-state index in [0.29, 0.717) is 28.5 Å². The average molecular weight is 454 g/mol. The minimum Gasteiger partial charge on any atom is -0.497 e. The van der Waals surface area contributed by atoms with Crippen LogP contribution < -0.4 is 9.47 Å². The quantitative estimate of drug-likeness (QED) is 0.359. The van der Waals surface area contributed by atoms with Gasteiger partial charge in [0.25, 0.3) is 5.89 Å². The van der Waals surface area contributed by atoms with Gasteiger partial charge in [-0.25, -0.2) is 4.79 Å². The minimum atomic E-state index is -0.433. The first-order chi connectivity index (χ1) is 15.5. The summed E-state index contributed by atoms with van der Waals surface area (Å²) in [7, 11) is 3.13. The number of esters is 1. The number of rotatable bonds is 8. The number of ether oxygens (including phenoxy) is 3. The third-order valence-corrected chi connectivity index (χ3v) is 5.99. The van der Waals surface area contributed by atoms with Crippen molar-refractivity contribution < 1.29 is 23.5 Å². The molecular formula is C23H23N3O5S. The maximum atomic E-state index is 12.7. The van der Waals surface area contributed by atoms with Crippen LogP contribution in [0.5, 0.6) is 11.5 Å². The van der Waals surface area contributed by atoms with Gasteiger partial charge in [-0.2, -0.15) is 4.98 Å². The number of hydrogen-bond donors (Lipinski definition) is 0. The highest BCUT2D eigenvalue weighted by Gasteiger charge is 2.20. The summed E-state index contributed by atoms with van der Waals surface area (Å²) in [5.41, 5.74) is 3.02. The lowest BCUT2D eigenvalue weighted by Gasteiger charge is -2.08. The second kappa shape index (κ2) is 9.27. The summed E-state index contributed by atoms with van der Waals surface area (Å²) >= 11 is 1.68. The van der Waals surface area contributed by atoms with Crippen LogP contribution in [0.2, 0.25) is 0 Å². The predicted octanol–water partition coefficient (Wildman–Crippen LogP) is 4.64. The Bertz CT molecular complexity index is 1230. The van der Waals surface area contributed by atoms with Crippen molar-refractivity contribution in [3.63, 3.8) is 0 Å². The van der Waals surface area contributed by atoms with Gasteiger partial charge in [0.1, 0.15) is 11.5 Å².